The molecule has 0 spiro atoms. The normalized spacial score (nSPS) is 11.6. The van der Waals surface area contributed by atoms with Crippen molar-refractivity contribution in [3.8, 4) is 11.3 Å². The van der Waals surface area contributed by atoms with Crippen LogP contribution in [0.3, 0.4) is 0 Å². The molecule has 6 heteroatoms. The summed E-state index contributed by atoms with van der Waals surface area (Å²) in [6.07, 6.45) is 2.20. The molecular weight excluding hydrogens is 320 g/mol. The summed E-state index contributed by atoms with van der Waals surface area (Å²) in [6.45, 7) is 5.57. The van der Waals surface area contributed by atoms with Crippen molar-refractivity contribution in [1.82, 2.24) is 14.6 Å². The Kier molecular flexibility index (Phi) is 4.24. The Labute approximate surface area is 144 Å². The minimum absolute atomic E-state index is 0.417. The molecule has 3 aromatic rings. The lowest BCUT2D eigenvalue weighted by molar-refractivity contribution is 0.572. The topological polar surface area (TPSA) is 71.1 Å². The highest BCUT2D eigenvalue weighted by Gasteiger charge is 2.36. The van der Waals surface area contributed by atoms with E-state index >= 15 is 0 Å². The van der Waals surface area contributed by atoms with Crippen molar-refractivity contribution in [3.63, 3.8) is 0 Å². The second kappa shape index (κ2) is 6.20. The molecule has 2 heterocycles. The van der Waals surface area contributed by atoms with Gasteiger partial charge in [0.15, 0.2) is 5.65 Å². The van der Waals surface area contributed by atoms with Crippen LogP contribution in [0.5, 0.6) is 0 Å². The average molecular weight is 339 g/mol. The number of fused-ring (bicyclic) bond motifs is 1. The smallest absolute Gasteiger partial charge is 0.305 e. The SMILES string of the molecule is CC(=N)c1c(-c2ccccc2)nc2ccnn2c1CC(C)(C)[S+]=O. The molecule has 3 rings (SSSR count). The molecule has 1 N–H and O–H groups in total. The van der Waals surface area contributed by atoms with Crippen LogP contribution in [0.1, 0.15) is 32.0 Å². The molecule has 0 unspecified atom stereocenters. The van der Waals surface area contributed by atoms with E-state index in [9.17, 15) is 4.21 Å². The zero-order valence-electron chi connectivity index (χ0n) is 13.9. The fraction of sp³-hybridized carbons (Fsp3) is 0.278. The summed E-state index contributed by atoms with van der Waals surface area (Å²) in [5.41, 5.74) is 4.46. The van der Waals surface area contributed by atoms with Crippen LogP contribution in [0.15, 0.2) is 42.6 Å². The quantitative estimate of drug-likeness (QED) is 0.571. The van der Waals surface area contributed by atoms with Crippen molar-refractivity contribution < 1.29 is 4.21 Å². The number of aromatic nitrogens is 3. The second-order valence-corrected chi connectivity index (χ2v) is 7.67. The van der Waals surface area contributed by atoms with Gasteiger partial charge in [-0.2, -0.15) is 5.10 Å². The minimum Gasteiger partial charge on any atom is -0.305 e. The Morgan fingerprint density at radius 2 is 1.96 bits per heavy atom. The van der Waals surface area contributed by atoms with Crippen LogP contribution in [0.25, 0.3) is 16.9 Å². The van der Waals surface area contributed by atoms with Gasteiger partial charge >= 0.3 is 11.7 Å². The van der Waals surface area contributed by atoms with E-state index in [2.05, 4.69) is 5.10 Å². The third kappa shape index (κ3) is 2.97. The average Bonchev–Trinajstić information content (AvgIpc) is 3.03. The molecule has 0 saturated carbocycles. The predicted octanol–water partition coefficient (Wildman–Crippen LogP) is 3.53. The van der Waals surface area contributed by atoms with E-state index in [-0.39, 0.29) is 0 Å². The van der Waals surface area contributed by atoms with Gasteiger partial charge in [-0.3, -0.25) is 0 Å². The minimum atomic E-state index is -0.502. The molecule has 0 aliphatic heterocycles. The predicted molar refractivity (Wildman–Crippen MR) is 96.8 cm³/mol. The van der Waals surface area contributed by atoms with Gasteiger partial charge in [-0.1, -0.05) is 30.3 Å². The van der Waals surface area contributed by atoms with Crippen LogP contribution < -0.4 is 0 Å². The summed E-state index contributed by atoms with van der Waals surface area (Å²) in [5.74, 6) is 0. The summed E-state index contributed by atoms with van der Waals surface area (Å²) in [4.78, 5) is 4.72. The van der Waals surface area contributed by atoms with Crippen LogP contribution in [0, 0.1) is 5.41 Å². The maximum absolute atomic E-state index is 11.5. The Bertz CT molecular complexity index is 915. The van der Waals surface area contributed by atoms with Crippen molar-refractivity contribution in [3.05, 3.63) is 53.9 Å². The van der Waals surface area contributed by atoms with E-state index in [1.807, 2.05) is 50.2 Å². The first-order valence-corrected chi connectivity index (χ1v) is 8.45. The molecule has 0 radical (unpaired) electrons. The highest BCUT2D eigenvalue weighted by molar-refractivity contribution is 7.67. The van der Waals surface area contributed by atoms with Crippen molar-refractivity contribution >= 4 is 23.0 Å². The second-order valence-electron chi connectivity index (χ2n) is 6.39. The Hall–Kier alpha value is -2.47. The molecule has 0 amide bonds. The number of benzene rings is 1. The molecule has 1 aromatic carbocycles. The van der Waals surface area contributed by atoms with Gasteiger partial charge in [-0.25, -0.2) is 9.50 Å². The van der Waals surface area contributed by atoms with Crippen LogP contribution in [0.4, 0.5) is 0 Å². The van der Waals surface area contributed by atoms with Crippen molar-refractivity contribution in [2.24, 2.45) is 0 Å². The van der Waals surface area contributed by atoms with Crippen molar-refractivity contribution in [1.29, 1.82) is 5.41 Å². The van der Waals surface area contributed by atoms with Crippen LogP contribution in [0.2, 0.25) is 0 Å². The highest BCUT2D eigenvalue weighted by Crippen LogP contribution is 2.28. The number of hydrogen-bond donors (Lipinski definition) is 1. The number of rotatable bonds is 5. The number of hydrogen-bond acceptors (Lipinski definition) is 4. The van der Waals surface area contributed by atoms with E-state index in [1.165, 1.54) is 0 Å². The zero-order chi connectivity index (χ0) is 17.3. The maximum Gasteiger partial charge on any atom is 0.465 e. The van der Waals surface area contributed by atoms with Crippen LogP contribution >= 0.6 is 0 Å². The first-order chi connectivity index (χ1) is 11.4. The van der Waals surface area contributed by atoms with Gasteiger partial charge in [0.05, 0.1) is 24.0 Å². The zero-order valence-corrected chi connectivity index (χ0v) is 14.7. The molecule has 0 aliphatic rings. The molecule has 0 aliphatic carbocycles. The Morgan fingerprint density at radius 3 is 2.58 bits per heavy atom. The van der Waals surface area contributed by atoms with E-state index in [1.54, 1.807) is 17.6 Å². The third-order valence-corrected chi connectivity index (χ3v) is 4.47. The molecule has 0 saturated heterocycles. The summed E-state index contributed by atoms with van der Waals surface area (Å²) < 4.78 is 12.7. The Balaban J connectivity index is 2.35. The first kappa shape index (κ1) is 16.4. The van der Waals surface area contributed by atoms with Gasteiger partial charge in [0, 0.05) is 41.0 Å². The van der Waals surface area contributed by atoms with Crippen molar-refractivity contribution in [2.75, 3.05) is 0 Å². The van der Waals surface area contributed by atoms with E-state index in [4.69, 9.17) is 10.4 Å². The van der Waals surface area contributed by atoms with E-state index in [0.717, 1.165) is 28.2 Å². The fourth-order valence-electron chi connectivity index (χ4n) is 2.80. The molecule has 0 bridgehead atoms. The van der Waals surface area contributed by atoms with Gasteiger partial charge < -0.3 is 5.41 Å². The first-order valence-electron chi connectivity index (χ1n) is 7.71. The maximum atomic E-state index is 11.5. The lowest BCUT2D eigenvalue weighted by Gasteiger charge is -2.17. The lowest BCUT2D eigenvalue weighted by atomic mass is 9.96. The molecule has 5 nitrogen and oxygen atoms in total. The third-order valence-electron chi connectivity index (χ3n) is 3.87. The summed E-state index contributed by atoms with van der Waals surface area (Å²) in [7, 11) is 0. The van der Waals surface area contributed by atoms with Crippen LogP contribution in [-0.2, 0) is 22.3 Å². The van der Waals surface area contributed by atoms with Gasteiger partial charge in [0.2, 0.25) is 4.75 Å². The standard InChI is InChI=1S/C18H19N4OS/c1-12(19)16-14(11-18(2,3)24-23)22-15(9-10-20-22)21-17(16)13-7-5-4-6-8-13/h4-10,19H,11H2,1-3H3/q+1. The Morgan fingerprint density at radius 1 is 1.25 bits per heavy atom. The molecular formula is C18H19N4OS+. The summed E-state index contributed by atoms with van der Waals surface area (Å²) in [6, 6.07) is 11.7. The van der Waals surface area contributed by atoms with Gasteiger partial charge in [0.1, 0.15) is 0 Å². The van der Waals surface area contributed by atoms with Gasteiger partial charge in [-0.15, -0.1) is 0 Å². The van der Waals surface area contributed by atoms with Crippen molar-refractivity contribution in [2.45, 2.75) is 31.9 Å². The number of nitrogens with one attached hydrogen (secondary N) is 1. The largest absolute Gasteiger partial charge is 0.465 e. The van der Waals surface area contributed by atoms with E-state index < -0.39 is 4.75 Å². The van der Waals surface area contributed by atoms with Gasteiger partial charge in [-0.05, 0) is 6.92 Å². The summed E-state index contributed by atoms with van der Waals surface area (Å²) >= 11 is 0.573. The van der Waals surface area contributed by atoms with Crippen LogP contribution in [-0.4, -0.2) is 25.1 Å². The molecule has 122 valence electrons. The van der Waals surface area contributed by atoms with Gasteiger partial charge in [0.25, 0.3) is 0 Å². The lowest BCUT2D eigenvalue weighted by Crippen LogP contribution is -2.25. The molecule has 0 fully saturated rings. The number of nitrogens with zero attached hydrogens (tertiary/aromatic N) is 3. The summed E-state index contributed by atoms with van der Waals surface area (Å²) in [5, 5.41) is 12.7. The molecule has 2 aromatic heterocycles. The van der Waals surface area contributed by atoms with E-state index in [0.29, 0.717) is 23.8 Å². The highest BCUT2D eigenvalue weighted by atomic mass is 32.1. The monoisotopic (exact) mass is 339 g/mol. The fourth-order valence-corrected chi connectivity index (χ4v) is 2.99. The molecule has 24 heavy (non-hydrogen) atoms. The molecule has 0 atom stereocenters.